The maximum Gasteiger partial charge on any atom is 0.309 e. The predicted octanol–water partition coefficient (Wildman–Crippen LogP) is 3.19. The summed E-state index contributed by atoms with van der Waals surface area (Å²) in [7, 11) is 0. The lowest BCUT2D eigenvalue weighted by Crippen LogP contribution is -2.09. The van der Waals surface area contributed by atoms with Crippen molar-refractivity contribution < 1.29 is 18.7 Å². The van der Waals surface area contributed by atoms with Gasteiger partial charge in [0.15, 0.2) is 0 Å². The van der Waals surface area contributed by atoms with E-state index in [2.05, 4.69) is 20.9 Å². The Morgan fingerprint density at radius 3 is 2.69 bits per heavy atom. The minimum Gasteiger partial charge on any atom is -0.481 e. The number of carboxylic acids is 1. The standard InChI is InChI=1S/C9H7BrClF2NO2/c10-3-4-1-6(11)14-5(2-7(15)16)8(4)9(12)13/h1,9H,2-3H2,(H,15,16). The summed E-state index contributed by atoms with van der Waals surface area (Å²) in [6, 6.07) is 1.29. The van der Waals surface area contributed by atoms with Gasteiger partial charge in [0.2, 0.25) is 0 Å². The third-order valence-electron chi connectivity index (χ3n) is 1.87. The van der Waals surface area contributed by atoms with Crippen molar-refractivity contribution in [1.29, 1.82) is 0 Å². The van der Waals surface area contributed by atoms with Crippen molar-refractivity contribution in [2.24, 2.45) is 0 Å². The molecule has 0 aromatic carbocycles. The largest absolute Gasteiger partial charge is 0.481 e. The van der Waals surface area contributed by atoms with Crippen molar-refractivity contribution >= 4 is 33.5 Å². The number of pyridine rings is 1. The molecule has 0 radical (unpaired) electrons. The highest BCUT2D eigenvalue weighted by atomic mass is 79.9. The number of aliphatic carboxylic acids is 1. The Labute approximate surface area is 104 Å². The van der Waals surface area contributed by atoms with E-state index in [1.165, 1.54) is 6.07 Å². The average Bonchev–Trinajstić information content (AvgIpc) is 2.14. The van der Waals surface area contributed by atoms with Gasteiger partial charge in [-0.2, -0.15) is 0 Å². The number of rotatable bonds is 4. The van der Waals surface area contributed by atoms with Crippen LogP contribution >= 0.6 is 27.5 Å². The van der Waals surface area contributed by atoms with Crippen LogP contribution < -0.4 is 0 Å². The molecule has 0 aliphatic heterocycles. The lowest BCUT2D eigenvalue weighted by Gasteiger charge is -2.11. The van der Waals surface area contributed by atoms with E-state index in [1.54, 1.807) is 0 Å². The maximum absolute atomic E-state index is 12.8. The van der Waals surface area contributed by atoms with Crippen LogP contribution in [0.4, 0.5) is 8.78 Å². The van der Waals surface area contributed by atoms with E-state index >= 15 is 0 Å². The molecule has 1 aromatic rings. The summed E-state index contributed by atoms with van der Waals surface area (Å²) in [5, 5.41) is 8.77. The second-order valence-corrected chi connectivity index (χ2v) is 3.92. The Kier molecular flexibility index (Phi) is 4.61. The minimum absolute atomic E-state index is 0.00935. The van der Waals surface area contributed by atoms with Crippen molar-refractivity contribution in [2.45, 2.75) is 18.2 Å². The first-order valence-corrected chi connectivity index (χ1v) is 5.69. The fraction of sp³-hybridized carbons (Fsp3) is 0.333. The van der Waals surface area contributed by atoms with Gasteiger partial charge in [-0.3, -0.25) is 4.79 Å². The van der Waals surface area contributed by atoms with Crippen molar-refractivity contribution in [3.63, 3.8) is 0 Å². The van der Waals surface area contributed by atoms with Gasteiger partial charge in [-0.15, -0.1) is 0 Å². The number of halogens is 4. The van der Waals surface area contributed by atoms with E-state index in [4.69, 9.17) is 16.7 Å². The number of carboxylic acid groups (broad SMARTS) is 1. The van der Waals surface area contributed by atoms with Gasteiger partial charge in [-0.1, -0.05) is 27.5 Å². The van der Waals surface area contributed by atoms with Crippen LogP contribution in [0, 0.1) is 0 Å². The number of nitrogens with zero attached hydrogens (tertiary/aromatic N) is 1. The van der Waals surface area contributed by atoms with E-state index in [0.29, 0.717) is 0 Å². The molecule has 1 aromatic heterocycles. The van der Waals surface area contributed by atoms with E-state index in [9.17, 15) is 13.6 Å². The molecule has 0 fully saturated rings. The highest BCUT2D eigenvalue weighted by molar-refractivity contribution is 9.08. The van der Waals surface area contributed by atoms with Gasteiger partial charge >= 0.3 is 5.97 Å². The molecule has 0 bridgehead atoms. The SMILES string of the molecule is O=C(O)Cc1nc(Cl)cc(CBr)c1C(F)F. The molecule has 3 nitrogen and oxygen atoms in total. The number of alkyl halides is 3. The second kappa shape index (κ2) is 5.54. The number of carbonyl (C=O) groups is 1. The Morgan fingerprint density at radius 2 is 2.25 bits per heavy atom. The Bertz CT molecular complexity index is 415. The van der Waals surface area contributed by atoms with Crippen LogP contribution in [0.2, 0.25) is 5.15 Å². The number of hydrogen-bond acceptors (Lipinski definition) is 2. The third-order valence-corrected chi connectivity index (χ3v) is 2.67. The van der Waals surface area contributed by atoms with Gasteiger partial charge < -0.3 is 5.11 Å². The molecule has 1 N–H and O–H groups in total. The van der Waals surface area contributed by atoms with Gasteiger partial charge in [-0.05, 0) is 11.6 Å². The van der Waals surface area contributed by atoms with E-state index in [0.717, 1.165) is 0 Å². The molecule has 0 aliphatic carbocycles. The fourth-order valence-electron chi connectivity index (χ4n) is 1.28. The molecule has 0 saturated carbocycles. The maximum atomic E-state index is 12.8. The van der Waals surface area contributed by atoms with Crippen molar-refractivity contribution in [3.8, 4) is 0 Å². The van der Waals surface area contributed by atoms with Crippen molar-refractivity contribution in [2.75, 3.05) is 0 Å². The Balaban J connectivity index is 3.32. The smallest absolute Gasteiger partial charge is 0.309 e. The van der Waals surface area contributed by atoms with Gasteiger partial charge in [0.05, 0.1) is 12.1 Å². The molecule has 0 aliphatic rings. The second-order valence-electron chi connectivity index (χ2n) is 2.97. The molecule has 1 heterocycles. The van der Waals surface area contributed by atoms with Crippen LogP contribution in [0.5, 0.6) is 0 Å². The topological polar surface area (TPSA) is 50.2 Å². The molecular formula is C9H7BrClF2NO2. The zero-order valence-electron chi connectivity index (χ0n) is 7.88. The summed E-state index contributed by atoms with van der Waals surface area (Å²) < 4.78 is 25.5. The number of hydrogen-bond donors (Lipinski definition) is 1. The van der Waals surface area contributed by atoms with Gasteiger partial charge in [0.1, 0.15) is 5.15 Å². The lowest BCUT2D eigenvalue weighted by atomic mass is 10.1. The van der Waals surface area contributed by atoms with E-state index in [-0.39, 0.29) is 27.3 Å². The highest BCUT2D eigenvalue weighted by Crippen LogP contribution is 2.29. The summed E-state index contributed by atoms with van der Waals surface area (Å²) in [6.45, 7) is 0. The average molecular weight is 315 g/mol. The molecule has 88 valence electrons. The van der Waals surface area contributed by atoms with Crippen molar-refractivity contribution in [1.82, 2.24) is 4.98 Å². The quantitative estimate of drug-likeness (QED) is 0.686. The predicted molar refractivity (Wildman–Crippen MR) is 58.2 cm³/mol. The molecule has 7 heteroatoms. The normalized spacial score (nSPS) is 10.8. The summed E-state index contributed by atoms with van der Waals surface area (Å²) in [6.07, 6.45) is -3.34. The van der Waals surface area contributed by atoms with Crippen LogP contribution in [0.3, 0.4) is 0 Å². The third kappa shape index (κ3) is 3.12. The fourth-order valence-corrected chi connectivity index (χ4v) is 1.98. The van der Waals surface area contributed by atoms with Crippen LogP contribution in [0.1, 0.15) is 23.2 Å². The molecule has 0 saturated heterocycles. The van der Waals surface area contributed by atoms with E-state index in [1.807, 2.05) is 0 Å². The molecular weight excluding hydrogens is 307 g/mol. The van der Waals surface area contributed by atoms with Gasteiger partial charge in [0.25, 0.3) is 6.43 Å². The van der Waals surface area contributed by atoms with E-state index < -0.39 is 18.8 Å². The molecule has 0 unspecified atom stereocenters. The van der Waals surface area contributed by atoms with Crippen LogP contribution in [-0.4, -0.2) is 16.1 Å². The Hall–Kier alpha value is -0.750. The summed E-state index contributed by atoms with van der Waals surface area (Å²) in [5.41, 5.74) is -0.292. The lowest BCUT2D eigenvalue weighted by molar-refractivity contribution is -0.136. The van der Waals surface area contributed by atoms with Crippen LogP contribution in [0.25, 0.3) is 0 Å². The zero-order chi connectivity index (χ0) is 12.3. The zero-order valence-corrected chi connectivity index (χ0v) is 10.2. The molecule has 16 heavy (non-hydrogen) atoms. The number of aromatic nitrogens is 1. The highest BCUT2D eigenvalue weighted by Gasteiger charge is 2.21. The van der Waals surface area contributed by atoms with Crippen LogP contribution in [0.15, 0.2) is 6.07 Å². The summed E-state index contributed by atoms with van der Waals surface area (Å²) >= 11 is 8.66. The summed E-state index contributed by atoms with van der Waals surface area (Å²) in [5.74, 6) is -1.22. The monoisotopic (exact) mass is 313 g/mol. The molecule has 0 atom stereocenters. The van der Waals surface area contributed by atoms with Gasteiger partial charge in [0, 0.05) is 10.9 Å². The molecule has 0 spiro atoms. The Morgan fingerprint density at radius 1 is 1.62 bits per heavy atom. The first kappa shape index (κ1) is 13.3. The minimum atomic E-state index is -2.77. The molecule has 0 amide bonds. The molecule has 1 rings (SSSR count). The van der Waals surface area contributed by atoms with Gasteiger partial charge in [-0.25, -0.2) is 13.8 Å². The summed E-state index contributed by atoms with van der Waals surface area (Å²) in [4.78, 5) is 14.1. The van der Waals surface area contributed by atoms with Crippen molar-refractivity contribution in [3.05, 3.63) is 28.0 Å². The first-order chi connectivity index (χ1) is 7.45. The first-order valence-electron chi connectivity index (χ1n) is 4.19. The van der Waals surface area contributed by atoms with Crippen LogP contribution in [-0.2, 0) is 16.5 Å².